The molecule has 1 aromatic rings. The number of rotatable bonds is 2. The third kappa shape index (κ3) is 3.47. The van der Waals surface area contributed by atoms with Gasteiger partial charge >= 0.3 is 6.16 Å². The lowest BCUT2D eigenvalue weighted by Gasteiger charge is -2.29. The summed E-state index contributed by atoms with van der Waals surface area (Å²) < 4.78 is 10.2. The number of aryl methyl sites for hydroxylation is 1. The van der Waals surface area contributed by atoms with Gasteiger partial charge in [0.15, 0.2) is 5.78 Å². The number of Topliss-reactive ketones (excluding diaryl/α,β-unsaturated/α-hetero) is 1. The van der Waals surface area contributed by atoms with E-state index in [4.69, 9.17) is 32.7 Å². The quantitative estimate of drug-likeness (QED) is 0.639. The van der Waals surface area contributed by atoms with Crippen LogP contribution in [0.1, 0.15) is 56.1 Å². The molecule has 1 aromatic carbocycles. The van der Waals surface area contributed by atoms with Crippen LogP contribution in [0.15, 0.2) is 17.1 Å². The lowest BCUT2D eigenvalue weighted by molar-refractivity contribution is -0.124. The van der Waals surface area contributed by atoms with Crippen LogP contribution in [0.4, 0.5) is 4.79 Å². The molecule has 3 rings (SSSR count). The zero-order chi connectivity index (χ0) is 18.9. The van der Waals surface area contributed by atoms with E-state index >= 15 is 0 Å². The average Bonchev–Trinajstić information content (AvgIpc) is 2.80. The minimum atomic E-state index is -0.861. The van der Waals surface area contributed by atoms with Crippen molar-refractivity contribution in [2.75, 3.05) is 6.61 Å². The molecule has 1 saturated carbocycles. The normalized spacial score (nSPS) is 21.6. The first-order chi connectivity index (χ1) is 12.4. The highest BCUT2D eigenvalue weighted by molar-refractivity contribution is 6.36. The highest BCUT2D eigenvalue weighted by Gasteiger charge is 2.52. The van der Waals surface area contributed by atoms with Crippen LogP contribution in [-0.2, 0) is 14.3 Å². The molecule has 0 saturated heterocycles. The van der Waals surface area contributed by atoms with Gasteiger partial charge < -0.3 is 9.47 Å². The Balaban J connectivity index is 2.05. The maximum absolute atomic E-state index is 13.4. The number of carbonyl (C=O) groups excluding carboxylic acids is 2. The Hall–Kier alpha value is -1.59. The summed E-state index contributed by atoms with van der Waals surface area (Å²) in [4.78, 5) is 29.9. The number of carbonyl (C=O) groups is 2. The molecule has 140 valence electrons. The summed E-state index contributed by atoms with van der Waals surface area (Å²) in [6, 6.07) is 3.33. The van der Waals surface area contributed by atoms with Gasteiger partial charge in [0, 0.05) is 10.0 Å². The van der Waals surface area contributed by atoms with Gasteiger partial charge in [0.2, 0.25) is 5.90 Å². The number of aliphatic imine (C=N–C) groups is 1. The number of benzene rings is 1. The summed E-state index contributed by atoms with van der Waals surface area (Å²) in [5.74, 6) is -0.811. The molecule has 0 aromatic heterocycles. The van der Waals surface area contributed by atoms with Gasteiger partial charge in [0.05, 0.1) is 6.61 Å². The Bertz CT molecular complexity index is 746. The zero-order valence-corrected chi connectivity index (χ0v) is 16.3. The number of nitrogens with zero attached hydrogens (tertiary/aromatic N) is 1. The summed E-state index contributed by atoms with van der Waals surface area (Å²) in [7, 11) is 0. The predicted molar refractivity (Wildman–Crippen MR) is 100 cm³/mol. The van der Waals surface area contributed by atoms with Gasteiger partial charge in [0.1, 0.15) is 11.5 Å². The number of halogens is 2. The second-order valence-corrected chi connectivity index (χ2v) is 7.59. The van der Waals surface area contributed by atoms with Crippen LogP contribution in [0.25, 0.3) is 0 Å². The monoisotopic (exact) mass is 397 g/mol. The first-order valence-electron chi connectivity index (χ1n) is 8.82. The van der Waals surface area contributed by atoms with Crippen LogP contribution in [0.5, 0.6) is 0 Å². The van der Waals surface area contributed by atoms with E-state index in [9.17, 15) is 9.59 Å². The second kappa shape index (κ2) is 7.57. The third-order valence-corrected chi connectivity index (χ3v) is 5.54. The van der Waals surface area contributed by atoms with Gasteiger partial charge in [-0.1, -0.05) is 42.5 Å². The first-order valence-corrected chi connectivity index (χ1v) is 9.58. The van der Waals surface area contributed by atoms with Crippen molar-refractivity contribution in [1.29, 1.82) is 0 Å². The maximum atomic E-state index is 13.4. The molecule has 1 spiro atoms. The van der Waals surface area contributed by atoms with Crippen molar-refractivity contribution < 1.29 is 19.1 Å². The first kappa shape index (κ1) is 19.2. The molecule has 1 aliphatic heterocycles. The average molecular weight is 398 g/mol. The van der Waals surface area contributed by atoms with Gasteiger partial charge in [-0.15, -0.1) is 0 Å². The molecule has 5 nitrogen and oxygen atoms in total. The van der Waals surface area contributed by atoms with Crippen molar-refractivity contribution in [1.82, 2.24) is 0 Å². The van der Waals surface area contributed by atoms with Crippen molar-refractivity contribution in [3.63, 3.8) is 0 Å². The summed E-state index contributed by atoms with van der Waals surface area (Å²) in [5, 5.41) is 0.847. The summed E-state index contributed by atoms with van der Waals surface area (Å²) >= 11 is 12.5. The predicted octanol–water partition coefficient (Wildman–Crippen LogP) is 5.24. The van der Waals surface area contributed by atoms with Crippen LogP contribution in [0.2, 0.25) is 10.0 Å². The van der Waals surface area contributed by atoms with Gasteiger partial charge in [-0.25, -0.2) is 9.79 Å². The van der Waals surface area contributed by atoms with E-state index in [1.54, 1.807) is 19.1 Å². The molecule has 1 fully saturated rings. The third-order valence-electron chi connectivity index (χ3n) is 5.01. The van der Waals surface area contributed by atoms with Gasteiger partial charge in [0.25, 0.3) is 0 Å². The number of ether oxygens (including phenoxy) is 2. The van der Waals surface area contributed by atoms with Gasteiger partial charge in [-0.05, 0) is 49.9 Å². The van der Waals surface area contributed by atoms with E-state index in [1.165, 1.54) is 0 Å². The SMILES string of the molecule is CCOC(=O)OC1=NC2(CCCCC2)C(=O)C1c1c(C)cc(Cl)cc1Cl. The highest BCUT2D eigenvalue weighted by Crippen LogP contribution is 2.45. The summed E-state index contributed by atoms with van der Waals surface area (Å²) in [6.07, 6.45) is 3.36. The zero-order valence-electron chi connectivity index (χ0n) is 14.8. The molecule has 0 radical (unpaired) electrons. The van der Waals surface area contributed by atoms with Crippen LogP contribution in [-0.4, -0.2) is 30.0 Å². The topological polar surface area (TPSA) is 65.0 Å². The van der Waals surface area contributed by atoms with E-state index in [-0.39, 0.29) is 18.3 Å². The fraction of sp³-hybridized carbons (Fsp3) is 0.526. The number of ketones is 1. The molecule has 1 aliphatic carbocycles. The fourth-order valence-electron chi connectivity index (χ4n) is 3.85. The summed E-state index contributed by atoms with van der Waals surface area (Å²) in [5.41, 5.74) is 0.514. The highest BCUT2D eigenvalue weighted by atomic mass is 35.5. The van der Waals surface area contributed by atoms with E-state index in [2.05, 4.69) is 4.99 Å². The lowest BCUT2D eigenvalue weighted by atomic mass is 9.76. The molecular weight excluding hydrogens is 377 g/mol. The van der Waals surface area contributed by atoms with Crippen LogP contribution >= 0.6 is 23.2 Å². The molecular formula is C19H21Cl2NO4. The van der Waals surface area contributed by atoms with E-state index in [1.807, 2.05) is 6.92 Å². The minimum absolute atomic E-state index is 0.0659. The molecule has 2 aliphatic rings. The van der Waals surface area contributed by atoms with E-state index < -0.39 is 17.6 Å². The Morgan fingerprint density at radius 3 is 2.58 bits per heavy atom. The number of hydrogen-bond acceptors (Lipinski definition) is 5. The van der Waals surface area contributed by atoms with Crippen LogP contribution in [0.3, 0.4) is 0 Å². The van der Waals surface area contributed by atoms with Crippen molar-refractivity contribution in [3.05, 3.63) is 33.3 Å². The minimum Gasteiger partial charge on any atom is -0.434 e. The van der Waals surface area contributed by atoms with E-state index in [0.717, 1.165) is 24.8 Å². The van der Waals surface area contributed by atoms with Gasteiger partial charge in [-0.3, -0.25) is 4.79 Å². The molecule has 0 amide bonds. The molecule has 1 heterocycles. The Kier molecular flexibility index (Phi) is 5.58. The largest absolute Gasteiger partial charge is 0.514 e. The van der Waals surface area contributed by atoms with Crippen molar-refractivity contribution in [2.45, 2.75) is 57.4 Å². The van der Waals surface area contributed by atoms with Crippen molar-refractivity contribution >= 4 is 41.0 Å². The van der Waals surface area contributed by atoms with Crippen LogP contribution < -0.4 is 0 Å². The van der Waals surface area contributed by atoms with Crippen molar-refractivity contribution in [2.24, 2.45) is 4.99 Å². The molecule has 1 unspecified atom stereocenters. The summed E-state index contributed by atoms with van der Waals surface area (Å²) in [6.45, 7) is 3.69. The standard InChI is InChI=1S/C19H21Cl2NO4/c1-3-25-18(24)26-17-15(14-11(2)9-12(20)10-13(14)21)16(23)19(22-17)7-5-4-6-8-19/h9-10,15H,3-8H2,1-2H3. The second-order valence-electron chi connectivity index (χ2n) is 6.74. The molecule has 7 heteroatoms. The Morgan fingerprint density at radius 2 is 1.96 bits per heavy atom. The lowest BCUT2D eigenvalue weighted by Crippen LogP contribution is -2.38. The maximum Gasteiger partial charge on any atom is 0.514 e. The Labute approximate surface area is 162 Å². The number of hydrogen-bond donors (Lipinski definition) is 0. The fourth-order valence-corrected chi connectivity index (χ4v) is 4.56. The molecule has 26 heavy (non-hydrogen) atoms. The smallest absolute Gasteiger partial charge is 0.434 e. The molecule has 1 atom stereocenters. The molecule has 0 N–H and O–H groups in total. The Morgan fingerprint density at radius 1 is 1.27 bits per heavy atom. The van der Waals surface area contributed by atoms with Gasteiger partial charge in [-0.2, -0.15) is 0 Å². The van der Waals surface area contributed by atoms with Crippen molar-refractivity contribution in [3.8, 4) is 0 Å². The van der Waals surface area contributed by atoms with E-state index in [0.29, 0.717) is 28.5 Å². The molecule has 0 bridgehead atoms. The van der Waals surface area contributed by atoms with Crippen LogP contribution in [0, 0.1) is 6.92 Å².